The van der Waals surface area contributed by atoms with Crippen LogP contribution in [0.4, 0.5) is 0 Å². The molecule has 1 unspecified atom stereocenters. The van der Waals surface area contributed by atoms with Gasteiger partial charge in [-0.25, -0.2) is 0 Å². The Labute approximate surface area is 118 Å². The van der Waals surface area contributed by atoms with Crippen LogP contribution in [-0.2, 0) is 9.59 Å². The first kappa shape index (κ1) is 16.0. The summed E-state index contributed by atoms with van der Waals surface area (Å²) in [7, 11) is 0. The Morgan fingerprint density at radius 1 is 1.25 bits per heavy atom. The van der Waals surface area contributed by atoms with Crippen molar-refractivity contribution in [1.29, 1.82) is 0 Å². The fraction of sp³-hybridized carbons (Fsp3) is 0.467. The molecule has 0 bridgehead atoms. The van der Waals surface area contributed by atoms with E-state index in [0.717, 1.165) is 16.7 Å². The van der Waals surface area contributed by atoms with Gasteiger partial charge in [0.25, 0.3) is 5.91 Å². The molecule has 0 aliphatic rings. The van der Waals surface area contributed by atoms with E-state index in [0.29, 0.717) is 5.75 Å². The van der Waals surface area contributed by atoms with E-state index in [1.54, 1.807) is 0 Å². The number of hydrogen-bond donors (Lipinski definition) is 2. The third kappa shape index (κ3) is 4.57. The molecule has 0 fully saturated rings. The third-order valence-corrected chi connectivity index (χ3v) is 2.98. The topological polar surface area (TPSA) is 75.6 Å². The molecule has 0 spiro atoms. The van der Waals surface area contributed by atoms with Gasteiger partial charge in [0.1, 0.15) is 5.75 Å². The predicted molar refractivity (Wildman–Crippen MR) is 76.0 cm³/mol. The van der Waals surface area contributed by atoms with Crippen molar-refractivity contribution in [1.82, 2.24) is 5.32 Å². The summed E-state index contributed by atoms with van der Waals surface area (Å²) < 4.78 is 5.52. The van der Waals surface area contributed by atoms with Gasteiger partial charge in [-0.05, 0) is 31.9 Å². The Morgan fingerprint density at radius 2 is 1.80 bits per heavy atom. The zero-order chi connectivity index (χ0) is 15.3. The van der Waals surface area contributed by atoms with Crippen molar-refractivity contribution in [3.8, 4) is 5.75 Å². The lowest BCUT2D eigenvalue weighted by Gasteiger charge is -2.13. The molecule has 1 aromatic carbocycles. The van der Waals surface area contributed by atoms with Gasteiger partial charge in [-0.3, -0.25) is 9.59 Å². The van der Waals surface area contributed by atoms with E-state index in [1.807, 2.05) is 32.9 Å². The molecule has 1 aromatic rings. The maximum atomic E-state index is 11.6. The van der Waals surface area contributed by atoms with E-state index < -0.39 is 11.9 Å². The van der Waals surface area contributed by atoms with Crippen molar-refractivity contribution in [2.24, 2.45) is 5.92 Å². The van der Waals surface area contributed by atoms with Crippen LogP contribution >= 0.6 is 0 Å². The van der Waals surface area contributed by atoms with Gasteiger partial charge < -0.3 is 15.2 Å². The van der Waals surface area contributed by atoms with Crippen molar-refractivity contribution >= 4 is 11.9 Å². The first-order valence-electron chi connectivity index (χ1n) is 6.51. The molecule has 0 heterocycles. The first-order valence-corrected chi connectivity index (χ1v) is 6.51. The molecule has 1 atom stereocenters. The summed E-state index contributed by atoms with van der Waals surface area (Å²) in [5.41, 5.74) is 3.11. The number of carbonyl (C=O) groups excluding carboxylic acids is 1. The van der Waals surface area contributed by atoms with E-state index in [-0.39, 0.29) is 19.1 Å². The number of carbonyl (C=O) groups is 2. The molecule has 2 N–H and O–H groups in total. The zero-order valence-electron chi connectivity index (χ0n) is 12.3. The van der Waals surface area contributed by atoms with Crippen LogP contribution in [0.5, 0.6) is 5.75 Å². The van der Waals surface area contributed by atoms with Gasteiger partial charge in [0, 0.05) is 6.54 Å². The van der Waals surface area contributed by atoms with E-state index in [9.17, 15) is 9.59 Å². The van der Waals surface area contributed by atoms with Gasteiger partial charge in [-0.15, -0.1) is 0 Å². The summed E-state index contributed by atoms with van der Waals surface area (Å²) in [4.78, 5) is 22.2. The molecule has 0 saturated carbocycles. The first-order chi connectivity index (χ1) is 9.31. The van der Waals surface area contributed by atoms with Gasteiger partial charge in [-0.1, -0.05) is 24.6 Å². The molecule has 0 radical (unpaired) electrons. The molecular formula is C15H21NO4. The van der Waals surface area contributed by atoms with E-state index in [2.05, 4.69) is 5.32 Å². The zero-order valence-corrected chi connectivity index (χ0v) is 12.3. The normalized spacial score (nSPS) is 11.8. The quantitative estimate of drug-likeness (QED) is 0.833. The predicted octanol–water partition coefficient (Wildman–Crippen LogP) is 1.83. The van der Waals surface area contributed by atoms with Crippen LogP contribution in [0.2, 0.25) is 0 Å². The number of amides is 1. The van der Waals surface area contributed by atoms with Gasteiger partial charge >= 0.3 is 5.97 Å². The number of carboxylic acids is 1. The molecule has 0 aliphatic heterocycles. The maximum absolute atomic E-state index is 11.6. The van der Waals surface area contributed by atoms with E-state index in [4.69, 9.17) is 9.84 Å². The highest BCUT2D eigenvalue weighted by Gasteiger charge is 2.13. The van der Waals surface area contributed by atoms with Crippen LogP contribution in [0, 0.1) is 26.7 Å². The summed E-state index contributed by atoms with van der Waals surface area (Å²) in [6.07, 6.45) is 0. The minimum absolute atomic E-state index is 0.101. The van der Waals surface area contributed by atoms with E-state index >= 15 is 0 Å². The number of rotatable bonds is 6. The largest absolute Gasteiger partial charge is 0.483 e. The van der Waals surface area contributed by atoms with Gasteiger partial charge in [-0.2, -0.15) is 0 Å². The highest BCUT2D eigenvalue weighted by molar-refractivity contribution is 5.78. The SMILES string of the molecule is Cc1cc(C)c(OCC(=O)NCC(C)C(=O)O)c(C)c1. The Balaban J connectivity index is 2.51. The van der Waals surface area contributed by atoms with Crippen LogP contribution in [0.1, 0.15) is 23.6 Å². The summed E-state index contributed by atoms with van der Waals surface area (Å²) in [5, 5.41) is 11.3. The highest BCUT2D eigenvalue weighted by Crippen LogP contribution is 2.24. The van der Waals surface area contributed by atoms with Crippen LogP contribution < -0.4 is 10.1 Å². The van der Waals surface area contributed by atoms with E-state index in [1.165, 1.54) is 6.92 Å². The van der Waals surface area contributed by atoms with Crippen molar-refractivity contribution in [3.63, 3.8) is 0 Å². The second kappa shape index (κ2) is 6.93. The van der Waals surface area contributed by atoms with Gasteiger partial charge in [0.15, 0.2) is 6.61 Å². The summed E-state index contributed by atoms with van der Waals surface area (Å²) in [5.74, 6) is -1.16. The van der Waals surface area contributed by atoms with Crippen molar-refractivity contribution in [3.05, 3.63) is 28.8 Å². The second-order valence-electron chi connectivity index (χ2n) is 5.06. The van der Waals surface area contributed by atoms with Gasteiger partial charge in [0.05, 0.1) is 5.92 Å². The summed E-state index contributed by atoms with van der Waals surface area (Å²) in [6, 6.07) is 3.99. The minimum atomic E-state index is -0.934. The lowest BCUT2D eigenvalue weighted by Crippen LogP contribution is -2.34. The fourth-order valence-corrected chi connectivity index (χ4v) is 1.94. The van der Waals surface area contributed by atoms with Crippen LogP contribution in [0.25, 0.3) is 0 Å². The monoisotopic (exact) mass is 279 g/mol. The Hall–Kier alpha value is -2.04. The number of benzene rings is 1. The summed E-state index contributed by atoms with van der Waals surface area (Å²) in [6.45, 7) is 7.39. The van der Waals surface area contributed by atoms with Crippen LogP contribution in [0.3, 0.4) is 0 Å². The van der Waals surface area contributed by atoms with Gasteiger partial charge in [0.2, 0.25) is 0 Å². The molecule has 5 nitrogen and oxygen atoms in total. The number of aliphatic carboxylic acids is 1. The molecule has 1 amide bonds. The molecule has 0 saturated heterocycles. The number of ether oxygens (including phenoxy) is 1. The van der Waals surface area contributed by atoms with Crippen molar-refractivity contribution < 1.29 is 19.4 Å². The highest BCUT2D eigenvalue weighted by atomic mass is 16.5. The molecule has 110 valence electrons. The van der Waals surface area contributed by atoms with Crippen LogP contribution in [0.15, 0.2) is 12.1 Å². The lowest BCUT2D eigenvalue weighted by atomic mass is 10.1. The van der Waals surface area contributed by atoms with Crippen molar-refractivity contribution in [2.75, 3.05) is 13.2 Å². The number of aryl methyl sites for hydroxylation is 3. The molecular weight excluding hydrogens is 258 g/mol. The summed E-state index contributed by atoms with van der Waals surface area (Å²) >= 11 is 0. The molecule has 0 aliphatic carbocycles. The average molecular weight is 279 g/mol. The molecule has 20 heavy (non-hydrogen) atoms. The Bertz CT molecular complexity index is 488. The number of nitrogens with one attached hydrogen (secondary N) is 1. The fourth-order valence-electron chi connectivity index (χ4n) is 1.94. The molecule has 5 heteroatoms. The maximum Gasteiger partial charge on any atom is 0.308 e. The smallest absolute Gasteiger partial charge is 0.308 e. The molecule has 0 aromatic heterocycles. The van der Waals surface area contributed by atoms with Crippen LogP contribution in [-0.4, -0.2) is 30.1 Å². The molecule has 1 rings (SSSR count). The average Bonchev–Trinajstić information content (AvgIpc) is 2.34. The standard InChI is InChI=1S/C15H21NO4/c1-9-5-10(2)14(11(3)6-9)20-8-13(17)16-7-12(4)15(18)19/h5-6,12H,7-8H2,1-4H3,(H,16,17)(H,18,19). The second-order valence-corrected chi connectivity index (χ2v) is 5.06. The minimum Gasteiger partial charge on any atom is -0.483 e. The Kier molecular flexibility index (Phi) is 5.55. The lowest BCUT2D eigenvalue weighted by molar-refractivity contribution is -0.141. The third-order valence-electron chi connectivity index (χ3n) is 2.98. The number of hydrogen-bond acceptors (Lipinski definition) is 3. The number of carboxylic acid groups (broad SMARTS) is 1. The van der Waals surface area contributed by atoms with Crippen molar-refractivity contribution in [2.45, 2.75) is 27.7 Å². The Morgan fingerprint density at radius 3 is 2.30 bits per heavy atom.